The van der Waals surface area contributed by atoms with Gasteiger partial charge in [0.25, 0.3) is 0 Å². The summed E-state index contributed by atoms with van der Waals surface area (Å²) in [7, 11) is 0. The van der Waals surface area contributed by atoms with Crippen molar-refractivity contribution in [1.29, 1.82) is 0 Å². The maximum Gasteiger partial charge on any atom is 0.418 e. The first kappa shape index (κ1) is 28.5. The van der Waals surface area contributed by atoms with Crippen LogP contribution >= 0.6 is 0 Å². The maximum atomic E-state index is 15.2. The van der Waals surface area contributed by atoms with E-state index in [1.54, 1.807) is 36.4 Å². The van der Waals surface area contributed by atoms with Gasteiger partial charge in [0.1, 0.15) is 0 Å². The highest BCUT2D eigenvalue weighted by Crippen LogP contribution is 2.51. The number of benzene rings is 4. The molecule has 1 aliphatic rings. The van der Waals surface area contributed by atoms with Gasteiger partial charge in [-0.15, -0.1) is 0 Å². The number of halogens is 8. The number of para-hydroxylation sites is 2. The standard InChI is InChI=1S/C34H21F8N/c1-5-16-19-14-20-17-10-7-8-13-24(17)43(25(20)15-23(19)33(3,4)21(16)6-2)32-18(11-9-12-22(32)34(40,41)42)26-27(35)29(37)31(39)30(38)28(26)36/h5-15H,1-2H2,3-4H3. The van der Waals surface area contributed by atoms with Crippen LogP contribution in [0.25, 0.3) is 44.2 Å². The lowest BCUT2D eigenvalue weighted by Crippen LogP contribution is -2.16. The van der Waals surface area contributed by atoms with Crippen LogP contribution in [0.1, 0.15) is 30.5 Å². The minimum atomic E-state index is -5.07. The molecule has 1 aliphatic carbocycles. The van der Waals surface area contributed by atoms with Gasteiger partial charge in [-0.05, 0) is 46.5 Å². The molecule has 1 heterocycles. The fourth-order valence-corrected chi connectivity index (χ4v) is 6.26. The summed E-state index contributed by atoms with van der Waals surface area (Å²) in [5.41, 5.74) is -1.40. The van der Waals surface area contributed by atoms with E-state index in [9.17, 15) is 26.3 Å². The number of nitrogens with zero attached hydrogens (tertiary/aromatic N) is 1. The molecule has 0 saturated heterocycles. The van der Waals surface area contributed by atoms with Crippen LogP contribution < -0.4 is 0 Å². The van der Waals surface area contributed by atoms with Gasteiger partial charge in [-0.3, -0.25) is 0 Å². The second kappa shape index (κ2) is 9.42. The SMILES string of the molecule is C=CC1=C(C=C)C(C)(C)c2cc3c(cc21)c1ccccc1n3-c1c(-c2c(F)c(F)c(F)c(F)c2F)cccc1C(F)(F)F. The highest BCUT2D eigenvalue weighted by atomic mass is 19.4. The number of aromatic nitrogens is 1. The Morgan fingerprint density at radius 1 is 0.698 bits per heavy atom. The number of hydrogen-bond donors (Lipinski definition) is 0. The second-order valence-corrected chi connectivity index (χ2v) is 10.8. The van der Waals surface area contributed by atoms with Gasteiger partial charge in [-0.2, -0.15) is 13.2 Å². The molecule has 1 nitrogen and oxygen atoms in total. The van der Waals surface area contributed by atoms with Crippen molar-refractivity contribution < 1.29 is 35.1 Å². The molecule has 0 atom stereocenters. The average Bonchev–Trinajstić information content (AvgIpc) is 3.40. The van der Waals surface area contributed by atoms with Crippen molar-refractivity contribution in [3.05, 3.63) is 131 Å². The maximum absolute atomic E-state index is 15.2. The summed E-state index contributed by atoms with van der Waals surface area (Å²) < 4.78 is 118. The lowest BCUT2D eigenvalue weighted by Gasteiger charge is -2.24. The zero-order valence-corrected chi connectivity index (χ0v) is 22.7. The van der Waals surface area contributed by atoms with Crippen molar-refractivity contribution in [1.82, 2.24) is 4.57 Å². The Morgan fingerprint density at radius 3 is 1.93 bits per heavy atom. The summed E-state index contributed by atoms with van der Waals surface area (Å²) in [6.07, 6.45) is -1.71. The Labute approximate surface area is 240 Å². The van der Waals surface area contributed by atoms with Crippen molar-refractivity contribution in [2.24, 2.45) is 0 Å². The molecule has 218 valence electrons. The molecule has 6 rings (SSSR count). The molecule has 4 aromatic carbocycles. The van der Waals surface area contributed by atoms with E-state index in [0.717, 1.165) is 34.4 Å². The van der Waals surface area contributed by atoms with Crippen molar-refractivity contribution in [3.63, 3.8) is 0 Å². The zero-order valence-electron chi connectivity index (χ0n) is 22.7. The number of hydrogen-bond acceptors (Lipinski definition) is 0. The predicted molar refractivity (Wildman–Crippen MR) is 151 cm³/mol. The molecule has 0 aliphatic heterocycles. The summed E-state index contributed by atoms with van der Waals surface area (Å²) in [5.74, 6) is -11.4. The molecule has 0 amide bonds. The average molecular weight is 596 g/mol. The third-order valence-corrected chi connectivity index (χ3v) is 8.19. The van der Waals surface area contributed by atoms with Crippen molar-refractivity contribution in [2.75, 3.05) is 0 Å². The van der Waals surface area contributed by atoms with E-state index < -0.39 is 63.1 Å². The van der Waals surface area contributed by atoms with Gasteiger partial charge in [0.2, 0.25) is 5.82 Å². The van der Waals surface area contributed by atoms with Crippen LogP contribution in [0.4, 0.5) is 35.1 Å². The van der Waals surface area contributed by atoms with Crippen molar-refractivity contribution in [3.8, 4) is 16.8 Å². The van der Waals surface area contributed by atoms with E-state index in [2.05, 4.69) is 13.2 Å². The van der Waals surface area contributed by atoms with Crippen LogP contribution in [0.15, 0.2) is 85.5 Å². The molecule has 1 aromatic heterocycles. The van der Waals surface area contributed by atoms with Crippen molar-refractivity contribution in [2.45, 2.75) is 25.4 Å². The minimum Gasteiger partial charge on any atom is -0.308 e. The summed E-state index contributed by atoms with van der Waals surface area (Å²) in [4.78, 5) is 0. The van der Waals surface area contributed by atoms with E-state index >= 15 is 8.78 Å². The van der Waals surface area contributed by atoms with Gasteiger partial charge in [0.15, 0.2) is 23.3 Å². The first-order valence-electron chi connectivity index (χ1n) is 13.1. The predicted octanol–water partition coefficient (Wildman–Crippen LogP) is 10.6. The third-order valence-electron chi connectivity index (χ3n) is 8.19. The molecule has 0 unspecified atom stereocenters. The highest BCUT2D eigenvalue weighted by Gasteiger charge is 2.40. The molecular formula is C34H21F8N. The van der Waals surface area contributed by atoms with Gasteiger partial charge in [-0.25, -0.2) is 22.0 Å². The van der Waals surface area contributed by atoms with Crippen LogP contribution in [0, 0.1) is 29.1 Å². The summed E-state index contributed by atoms with van der Waals surface area (Å²) >= 11 is 0. The highest BCUT2D eigenvalue weighted by molar-refractivity contribution is 6.12. The largest absolute Gasteiger partial charge is 0.418 e. The van der Waals surface area contributed by atoms with Gasteiger partial charge in [0, 0.05) is 21.8 Å². The van der Waals surface area contributed by atoms with Gasteiger partial charge < -0.3 is 4.57 Å². The van der Waals surface area contributed by atoms with Crippen LogP contribution in [0.2, 0.25) is 0 Å². The molecule has 0 fully saturated rings. The molecule has 0 radical (unpaired) electrons. The van der Waals surface area contributed by atoms with Crippen LogP contribution in [-0.4, -0.2) is 4.57 Å². The Balaban J connectivity index is 1.84. The quantitative estimate of drug-likeness (QED) is 0.111. The van der Waals surface area contributed by atoms with Gasteiger partial charge >= 0.3 is 6.18 Å². The summed E-state index contributed by atoms with van der Waals surface area (Å²) in [5, 5.41) is 1.02. The lowest BCUT2D eigenvalue weighted by molar-refractivity contribution is -0.137. The van der Waals surface area contributed by atoms with E-state index in [4.69, 9.17) is 0 Å². The Morgan fingerprint density at radius 2 is 1.33 bits per heavy atom. The zero-order chi connectivity index (χ0) is 31.2. The molecule has 0 spiro atoms. The summed E-state index contributed by atoms with van der Waals surface area (Å²) in [6.45, 7) is 11.7. The van der Waals surface area contributed by atoms with Crippen molar-refractivity contribution >= 4 is 27.4 Å². The molecule has 5 aromatic rings. The Kier molecular flexibility index (Phi) is 6.24. The van der Waals surface area contributed by atoms with Gasteiger partial charge in [-0.1, -0.05) is 69.5 Å². The molecule has 0 N–H and O–H groups in total. The van der Waals surface area contributed by atoms with E-state index in [0.29, 0.717) is 16.8 Å². The van der Waals surface area contributed by atoms with E-state index in [1.165, 1.54) is 10.6 Å². The third kappa shape index (κ3) is 3.83. The summed E-state index contributed by atoms with van der Waals surface area (Å²) in [6, 6.07) is 12.5. The minimum absolute atomic E-state index is 0.230. The van der Waals surface area contributed by atoms with Crippen LogP contribution in [0.3, 0.4) is 0 Å². The molecular weight excluding hydrogens is 574 g/mol. The smallest absolute Gasteiger partial charge is 0.308 e. The topological polar surface area (TPSA) is 4.93 Å². The van der Waals surface area contributed by atoms with E-state index in [-0.39, 0.29) is 11.0 Å². The number of alkyl halides is 3. The first-order chi connectivity index (χ1) is 20.2. The molecule has 0 bridgehead atoms. The van der Waals surface area contributed by atoms with Crippen LogP contribution in [-0.2, 0) is 11.6 Å². The lowest BCUT2D eigenvalue weighted by atomic mass is 9.81. The Hall–Kier alpha value is -4.66. The second-order valence-electron chi connectivity index (χ2n) is 10.8. The number of fused-ring (bicyclic) bond motifs is 4. The number of rotatable bonds is 4. The van der Waals surface area contributed by atoms with E-state index in [1.807, 2.05) is 19.9 Å². The fourth-order valence-electron chi connectivity index (χ4n) is 6.26. The number of allylic oxidation sites excluding steroid dienone is 4. The Bertz CT molecular complexity index is 2050. The normalized spacial score (nSPS) is 14.6. The monoisotopic (exact) mass is 595 g/mol. The molecule has 0 saturated carbocycles. The first-order valence-corrected chi connectivity index (χ1v) is 13.1. The molecule has 43 heavy (non-hydrogen) atoms. The fraction of sp³-hybridized carbons (Fsp3) is 0.118. The van der Waals surface area contributed by atoms with Gasteiger partial charge in [0.05, 0.1) is 27.8 Å². The molecule has 9 heteroatoms. The van der Waals surface area contributed by atoms with Crippen LogP contribution in [0.5, 0.6) is 0 Å².